The summed E-state index contributed by atoms with van der Waals surface area (Å²) < 4.78 is 73.0. The molecule has 0 aliphatic heterocycles. The normalized spacial score (nSPS) is 12.3. The van der Waals surface area contributed by atoms with Gasteiger partial charge in [0, 0.05) is 6.54 Å². The molecule has 0 N–H and O–H groups in total. The fourth-order valence-corrected chi connectivity index (χ4v) is 1.47. The molecular formula is C11H15F6NO2. The fourth-order valence-electron chi connectivity index (χ4n) is 1.47. The molecule has 0 aromatic carbocycles. The highest BCUT2D eigenvalue weighted by atomic mass is 19.4. The van der Waals surface area contributed by atoms with Crippen molar-refractivity contribution in [1.82, 2.24) is 4.90 Å². The zero-order chi connectivity index (χ0) is 16.0. The van der Waals surface area contributed by atoms with Gasteiger partial charge in [-0.2, -0.15) is 26.3 Å². The Labute approximate surface area is 111 Å². The summed E-state index contributed by atoms with van der Waals surface area (Å²) in [6.07, 6.45) is -8.53. The van der Waals surface area contributed by atoms with Gasteiger partial charge in [-0.15, -0.1) is 0 Å². The molecule has 0 aliphatic rings. The first-order valence-corrected chi connectivity index (χ1v) is 6.01. The summed E-state index contributed by atoms with van der Waals surface area (Å²) in [7, 11) is 0. The number of alkyl halides is 6. The summed E-state index contributed by atoms with van der Waals surface area (Å²) >= 11 is 0. The summed E-state index contributed by atoms with van der Waals surface area (Å²) in [5.74, 6) is -5.56. The van der Waals surface area contributed by atoms with E-state index < -0.39 is 35.6 Å². The highest BCUT2D eigenvalue weighted by molar-refractivity contribution is 6.00. The van der Waals surface area contributed by atoms with Crippen molar-refractivity contribution in [3.8, 4) is 0 Å². The quantitative estimate of drug-likeness (QED) is 0.557. The van der Waals surface area contributed by atoms with Gasteiger partial charge in [0.05, 0.1) is 0 Å². The number of hydrogen-bond acceptors (Lipinski definition) is 2. The number of unbranched alkanes of at least 4 members (excludes halogenated alkanes) is 4. The third kappa shape index (κ3) is 6.25. The van der Waals surface area contributed by atoms with Crippen LogP contribution in [0.2, 0.25) is 0 Å². The molecule has 3 nitrogen and oxygen atoms in total. The topological polar surface area (TPSA) is 37.4 Å². The lowest BCUT2D eigenvalue weighted by Crippen LogP contribution is -2.50. The van der Waals surface area contributed by atoms with E-state index in [0.717, 1.165) is 12.8 Å². The summed E-state index contributed by atoms with van der Waals surface area (Å²) in [4.78, 5) is 20.9. The molecule has 0 aromatic rings. The fraction of sp³-hybridized carbons (Fsp3) is 0.818. The average Bonchev–Trinajstić information content (AvgIpc) is 2.30. The summed E-state index contributed by atoms with van der Waals surface area (Å²) in [5, 5.41) is 0. The highest BCUT2D eigenvalue weighted by Gasteiger charge is 2.51. The van der Waals surface area contributed by atoms with Crippen molar-refractivity contribution in [3.63, 3.8) is 0 Å². The van der Waals surface area contributed by atoms with Crippen molar-refractivity contribution < 1.29 is 35.9 Å². The Balaban J connectivity index is 4.74. The minimum atomic E-state index is -5.51. The second-order valence-corrected chi connectivity index (χ2v) is 4.17. The van der Waals surface area contributed by atoms with E-state index in [4.69, 9.17) is 0 Å². The van der Waals surface area contributed by atoms with Gasteiger partial charge in [-0.25, -0.2) is 0 Å². The van der Waals surface area contributed by atoms with Crippen molar-refractivity contribution in [3.05, 3.63) is 0 Å². The number of hydrogen-bond donors (Lipinski definition) is 0. The van der Waals surface area contributed by atoms with Crippen LogP contribution in [-0.2, 0) is 9.59 Å². The molecule has 0 heterocycles. The largest absolute Gasteiger partial charge is 0.471 e. The molecule has 0 spiro atoms. The Bertz CT molecular complexity index is 311. The van der Waals surface area contributed by atoms with E-state index in [0.29, 0.717) is 12.8 Å². The maximum atomic E-state index is 12.2. The van der Waals surface area contributed by atoms with E-state index in [9.17, 15) is 35.9 Å². The van der Waals surface area contributed by atoms with Gasteiger partial charge < -0.3 is 0 Å². The first-order valence-electron chi connectivity index (χ1n) is 6.01. The van der Waals surface area contributed by atoms with E-state index in [1.807, 2.05) is 6.92 Å². The summed E-state index contributed by atoms with van der Waals surface area (Å²) in [6, 6.07) is 0. The van der Waals surface area contributed by atoms with Gasteiger partial charge in [-0.1, -0.05) is 32.6 Å². The van der Waals surface area contributed by atoms with Crippen molar-refractivity contribution in [2.45, 2.75) is 51.4 Å². The first-order chi connectivity index (χ1) is 9.01. The molecule has 0 saturated carbocycles. The van der Waals surface area contributed by atoms with Crippen LogP contribution >= 0.6 is 0 Å². The van der Waals surface area contributed by atoms with Crippen molar-refractivity contribution in [2.75, 3.05) is 6.54 Å². The highest BCUT2D eigenvalue weighted by Crippen LogP contribution is 2.24. The molecule has 0 fully saturated rings. The molecule has 0 bridgehead atoms. The van der Waals surface area contributed by atoms with Gasteiger partial charge in [0.15, 0.2) is 0 Å². The smallest absolute Gasteiger partial charge is 0.267 e. The number of rotatable bonds is 6. The van der Waals surface area contributed by atoms with E-state index >= 15 is 0 Å². The van der Waals surface area contributed by atoms with Crippen molar-refractivity contribution in [1.29, 1.82) is 0 Å². The van der Waals surface area contributed by atoms with Gasteiger partial charge in [-0.3, -0.25) is 14.5 Å². The van der Waals surface area contributed by atoms with Crippen LogP contribution in [0.1, 0.15) is 39.0 Å². The molecule has 118 valence electrons. The van der Waals surface area contributed by atoms with Crippen molar-refractivity contribution in [2.24, 2.45) is 0 Å². The van der Waals surface area contributed by atoms with Gasteiger partial charge in [0.1, 0.15) is 0 Å². The van der Waals surface area contributed by atoms with Gasteiger partial charge in [-0.05, 0) is 6.42 Å². The van der Waals surface area contributed by atoms with Gasteiger partial charge in [0.25, 0.3) is 0 Å². The second kappa shape index (κ2) is 7.49. The van der Waals surface area contributed by atoms with Crippen LogP contribution in [-0.4, -0.2) is 35.6 Å². The monoisotopic (exact) mass is 307 g/mol. The van der Waals surface area contributed by atoms with Crippen LogP contribution in [0, 0.1) is 0 Å². The van der Waals surface area contributed by atoms with Crippen LogP contribution in [0.3, 0.4) is 0 Å². The Kier molecular flexibility index (Phi) is 7.01. The lowest BCUT2D eigenvalue weighted by atomic mass is 10.1. The van der Waals surface area contributed by atoms with E-state index in [1.54, 1.807) is 0 Å². The van der Waals surface area contributed by atoms with Crippen LogP contribution in [0.15, 0.2) is 0 Å². The number of halogens is 6. The SMILES string of the molecule is CCCCCCCN(C(=O)C(F)(F)F)C(=O)C(F)(F)F. The van der Waals surface area contributed by atoms with Crippen LogP contribution < -0.4 is 0 Å². The summed E-state index contributed by atoms with van der Waals surface area (Å²) in [5.41, 5.74) is 0. The lowest BCUT2D eigenvalue weighted by molar-refractivity contribution is -0.204. The predicted molar refractivity (Wildman–Crippen MR) is 57.6 cm³/mol. The van der Waals surface area contributed by atoms with Gasteiger partial charge >= 0.3 is 24.2 Å². The molecule has 2 amide bonds. The Morgan fingerprint density at radius 3 is 1.55 bits per heavy atom. The number of amides is 2. The Hall–Kier alpha value is -1.28. The molecule has 0 saturated heterocycles. The van der Waals surface area contributed by atoms with E-state index in [1.165, 1.54) is 0 Å². The van der Waals surface area contributed by atoms with Crippen LogP contribution in [0.25, 0.3) is 0 Å². The second-order valence-electron chi connectivity index (χ2n) is 4.17. The minimum absolute atomic E-state index is 0.0936. The number of carbonyl (C=O) groups excluding carboxylic acids is 2. The third-order valence-corrected chi connectivity index (χ3v) is 2.46. The molecular weight excluding hydrogens is 292 g/mol. The minimum Gasteiger partial charge on any atom is -0.267 e. The molecule has 0 radical (unpaired) electrons. The Morgan fingerprint density at radius 2 is 1.20 bits per heavy atom. The van der Waals surface area contributed by atoms with Crippen LogP contribution in [0.4, 0.5) is 26.3 Å². The molecule has 9 heteroatoms. The number of nitrogens with zero attached hydrogens (tertiary/aromatic N) is 1. The molecule has 0 atom stereocenters. The van der Waals surface area contributed by atoms with Crippen molar-refractivity contribution >= 4 is 11.8 Å². The summed E-state index contributed by atoms with van der Waals surface area (Å²) in [6.45, 7) is 0.993. The van der Waals surface area contributed by atoms with E-state index in [-0.39, 0.29) is 6.42 Å². The Morgan fingerprint density at radius 1 is 0.800 bits per heavy atom. The molecule has 20 heavy (non-hydrogen) atoms. The molecule has 0 aliphatic carbocycles. The third-order valence-electron chi connectivity index (χ3n) is 2.46. The molecule has 0 unspecified atom stereocenters. The number of carbonyl (C=O) groups is 2. The first kappa shape index (κ1) is 18.7. The van der Waals surface area contributed by atoms with Crippen LogP contribution in [0.5, 0.6) is 0 Å². The predicted octanol–water partition coefficient (Wildman–Crippen LogP) is 3.44. The maximum absolute atomic E-state index is 12.2. The zero-order valence-corrected chi connectivity index (χ0v) is 10.8. The van der Waals surface area contributed by atoms with Gasteiger partial charge in [0.2, 0.25) is 0 Å². The lowest BCUT2D eigenvalue weighted by Gasteiger charge is -2.22. The standard InChI is InChI=1S/C11H15F6NO2/c1-2-3-4-5-6-7-18(8(19)10(12,13)14)9(20)11(15,16)17/h2-7H2,1H3. The molecule has 0 aromatic heterocycles. The zero-order valence-electron chi connectivity index (χ0n) is 10.8. The maximum Gasteiger partial charge on any atom is 0.471 e. The van der Waals surface area contributed by atoms with E-state index in [2.05, 4.69) is 0 Å². The number of imide groups is 1. The molecule has 0 rings (SSSR count). The average molecular weight is 307 g/mol.